The molecule has 26 heavy (non-hydrogen) atoms. The van der Waals surface area contributed by atoms with Crippen molar-refractivity contribution >= 4 is 29.2 Å². The number of primary amides is 1. The molecule has 0 saturated carbocycles. The lowest BCUT2D eigenvalue weighted by molar-refractivity contribution is -0.116. The zero-order valence-corrected chi connectivity index (χ0v) is 15.1. The fraction of sp³-hybridized carbons (Fsp3) is 0.278. The summed E-state index contributed by atoms with van der Waals surface area (Å²) >= 11 is 5.95. The van der Waals surface area contributed by atoms with Gasteiger partial charge in [0.25, 0.3) is 5.91 Å². The largest absolute Gasteiger partial charge is 0.369 e. The molecule has 1 aliphatic rings. The van der Waals surface area contributed by atoms with Crippen molar-refractivity contribution in [2.24, 2.45) is 5.73 Å². The lowest BCUT2D eigenvalue weighted by Gasteiger charge is -2.36. The number of anilines is 1. The predicted octanol–water partition coefficient (Wildman–Crippen LogP) is 2.14. The highest BCUT2D eigenvalue weighted by atomic mass is 35.5. The standard InChI is InChI=1S/C18H20ClN5O2/c1-3-13(25)22-10-18(2)8-9-21-17-14(16(20)26)15(23-24(17)18)11-4-6-12(19)7-5-11/h3-7,21H,1,8-10H2,2H3,(H2,20,26)(H,22,25)/t18-/m0/s1. The number of nitrogens with two attached hydrogens (primary N) is 1. The highest BCUT2D eigenvalue weighted by Gasteiger charge is 2.37. The summed E-state index contributed by atoms with van der Waals surface area (Å²) in [5, 5.41) is 11.3. The summed E-state index contributed by atoms with van der Waals surface area (Å²) in [6, 6.07) is 7.05. The van der Waals surface area contributed by atoms with E-state index < -0.39 is 11.4 Å². The number of fused-ring (bicyclic) bond motifs is 1. The molecule has 0 bridgehead atoms. The Kier molecular flexibility index (Phi) is 4.73. The van der Waals surface area contributed by atoms with E-state index in [-0.39, 0.29) is 5.91 Å². The topological polar surface area (TPSA) is 102 Å². The van der Waals surface area contributed by atoms with E-state index in [0.717, 1.165) is 12.0 Å². The molecule has 0 spiro atoms. The van der Waals surface area contributed by atoms with Gasteiger partial charge in [0.05, 0.1) is 5.54 Å². The van der Waals surface area contributed by atoms with Gasteiger partial charge in [0, 0.05) is 23.7 Å². The Balaban J connectivity index is 2.09. The summed E-state index contributed by atoms with van der Waals surface area (Å²) in [6.07, 6.45) is 1.94. The first-order chi connectivity index (χ1) is 12.4. The maximum absolute atomic E-state index is 12.1. The van der Waals surface area contributed by atoms with Gasteiger partial charge in [0.15, 0.2) is 0 Å². The number of rotatable bonds is 5. The molecule has 1 atom stereocenters. The van der Waals surface area contributed by atoms with Crippen LogP contribution in [0.15, 0.2) is 36.9 Å². The Morgan fingerprint density at radius 3 is 2.77 bits per heavy atom. The average Bonchev–Trinajstić information content (AvgIpc) is 3.02. The SMILES string of the molecule is C=CC(=O)NC[C@]1(C)CCNc2c(C(N)=O)c(-c3ccc(Cl)cc3)nn21. The van der Waals surface area contributed by atoms with Gasteiger partial charge in [0.1, 0.15) is 17.1 Å². The molecule has 0 unspecified atom stereocenters. The quantitative estimate of drug-likeness (QED) is 0.698. The van der Waals surface area contributed by atoms with Crippen molar-refractivity contribution in [1.82, 2.24) is 15.1 Å². The molecule has 0 saturated heterocycles. The van der Waals surface area contributed by atoms with E-state index in [0.29, 0.717) is 35.2 Å². The zero-order chi connectivity index (χ0) is 18.9. The van der Waals surface area contributed by atoms with Gasteiger partial charge in [-0.05, 0) is 31.6 Å². The Hall–Kier alpha value is -2.80. The maximum Gasteiger partial charge on any atom is 0.254 e. The summed E-state index contributed by atoms with van der Waals surface area (Å²) < 4.78 is 1.74. The van der Waals surface area contributed by atoms with E-state index in [2.05, 4.69) is 22.3 Å². The third-order valence-electron chi connectivity index (χ3n) is 4.55. The van der Waals surface area contributed by atoms with E-state index >= 15 is 0 Å². The molecule has 0 radical (unpaired) electrons. The van der Waals surface area contributed by atoms with Crippen molar-refractivity contribution in [3.05, 3.63) is 47.5 Å². The number of halogens is 1. The summed E-state index contributed by atoms with van der Waals surface area (Å²) in [4.78, 5) is 23.7. The first-order valence-electron chi connectivity index (χ1n) is 8.19. The van der Waals surface area contributed by atoms with E-state index in [1.165, 1.54) is 6.08 Å². The van der Waals surface area contributed by atoms with Crippen molar-refractivity contribution in [3.8, 4) is 11.3 Å². The van der Waals surface area contributed by atoms with Crippen LogP contribution in [0.25, 0.3) is 11.3 Å². The molecule has 3 rings (SSSR count). The molecular weight excluding hydrogens is 354 g/mol. The minimum absolute atomic E-state index is 0.258. The van der Waals surface area contributed by atoms with Crippen LogP contribution in [0.1, 0.15) is 23.7 Å². The summed E-state index contributed by atoms with van der Waals surface area (Å²) in [5.41, 5.74) is 6.69. The van der Waals surface area contributed by atoms with E-state index in [1.54, 1.807) is 28.9 Å². The van der Waals surface area contributed by atoms with Crippen LogP contribution in [0, 0.1) is 0 Å². The number of aromatic nitrogens is 2. The van der Waals surface area contributed by atoms with Gasteiger partial charge in [-0.25, -0.2) is 4.68 Å². The minimum atomic E-state index is -0.567. The van der Waals surface area contributed by atoms with Crippen molar-refractivity contribution in [2.45, 2.75) is 18.9 Å². The second kappa shape index (κ2) is 6.84. The van der Waals surface area contributed by atoms with Gasteiger partial charge in [-0.3, -0.25) is 9.59 Å². The Morgan fingerprint density at radius 1 is 1.46 bits per heavy atom. The van der Waals surface area contributed by atoms with Gasteiger partial charge >= 0.3 is 0 Å². The normalized spacial score (nSPS) is 18.5. The second-order valence-electron chi connectivity index (χ2n) is 6.45. The van der Waals surface area contributed by atoms with Crippen LogP contribution < -0.4 is 16.4 Å². The second-order valence-corrected chi connectivity index (χ2v) is 6.89. The molecule has 2 amide bonds. The molecule has 4 N–H and O–H groups in total. The third-order valence-corrected chi connectivity index (χ3v) is 4.80. The van der Waals surface area contributed by atoms with Crippen molar-refractivity contribution in [1.29, 1.82) is 0 Å². The number of hydrogen-bond donors (Lipinski definition) is 3. The van der Waals surface area contributed by atoms with Crippen molar-refractivity contribution < 1.29 is 9.59 Å². The third kappa shape index (κ3) is 3.17. The summed E-state index contributed by atoms with van der Waals surface area (Å²) in [7, 11) is 0. The van der Waals surface area contributed by atoms with Crippen LogP contribution >= 0.6 is 11.6 Å². The lowest BCUT2D eigenvalue weighted by Crippen LogP contribution is -2.47. The van der Waals surface area contributed by atoms with E-state index in [9.17, 15) is 9.59 Å². The maximum atomic E-state index is 12.1. The zero-order valence-electron chi connectivity index (χ0n) is 14.4. The lowest BCUT2D eigenvalue weighted by atomic mass is 9.95. The molecule has 1 aromatic carbocycles. The first kappa shape index (κ1) is 18.0. The number of nitrogens with one attached hydrogen (secondary N) is 2. The van der Waals surface area contributed by atoms with Gasteiger partial charge in [-0.1, -0.05) is 30.3 Å². The molecule has 2 heterocycles. The monoisotopic (exact) mass is 373 g/mol. The van der Waals surface area contributed by atoms with Crippen molar-refractivity contribution in [3.63, 3.8) is 0 Å². The summed E-state index contributed by atoms with van der Waals surface area (Å²) in [5.74, 6) is -0.265. The highest BCUT2D eigenvalue weighted by molar-refractivity contribution is 6.30. The number of benzene rings is 1. The van der Waals surface area contributed by atoms with Crippen molar-refractivity contribution in [2.75, 3.05) is 18.4 Å². The smallest absolute Gasteiger partial charge is 0.254 e. The van der Waals surface area contributed by atoms with Crippen LogP contribution in [-0.4, -0.2) is 34.7 Å². The number of carbonyl (C=O) groups is 2. The molecule has 7 nitrogen and oxygen atoms in total. The summed E-state index contributed by atoms with van der Waals surface area (Å²) in [6.45, 7) is 6.42. The van der Waals surface area contributed by atoms with Gasteiger partial charge in [0.2, 0.25) is 5.91 Å². The number of carbonyl (C=O) groups excluding carboxylic acids is 2. The van der Waals surface area contributed by atoms with Crippen LogP contribution in [-0.2, 0) is 10.3 Å². The predicted molar refractivity (Wildman–Crippen MR) is 101 cm³/mol. The Bertz CT molecular complexity index is 874. The first-order valence-corrected chi connectivity index (χ1v) is 8.57. The average molecular weight is 374 g/mol. The van der Waals surface area contributed by atoms with Gasteiger partial charge < -0.3 is 16.4 Å². The fourth-order valence-electron chi connectivity index (χ4n) is 3.08. The van der Waals surface area contributed by atoms with E-state index in [1.807, 2.05) is 6.92 Å². The highest BCUT2D eigenvalue weighted by Crippen LogP contribution is 2.36. The van der Waals surface area contributed by atoms with E-state index in [4.69, 9.17) is 17.3 Å². The van der Waals surface area contributed by atoms with Crippen LogP contribution in [0.5, 0.6) is 0 Å². The van der Waals surface area contributed by atoms with Crippen LogP contribution in [0.4, 0.5) is 5.82 Å². The minimum Gasteiger partial charge on any atom is -0.369 e. The Morgan fingerprint density at radius 2 is 2.15 bits per heavy atom. The molecule has 0 aliphatic carbocycles. The van der Waals surface area contributed by atoms with Gasteiger partial charge in [-0.15, -0.1) is 0 Å². The molecule has 136 valence electrons. The molecule has 1 aliphatic heterocycles. The fourth-order valence-corrected chi connectivity index (χ4v) is 3.21. The molecule has 1 aromatic heterocycles. The van der Waals surface area contributed by atoms with Crippen LogP contribution in [0.3, 0.4) is 0 Å². The molecule has 2 aromatic rings. The molecule has 8 heteroatoms. The number of nitrogens with zero attached hydrogens (tertiary/aromatic N) is 2. The van der Waals surface area contributed by atoms with Gasteiger partial charge in [-0.2, -0.15) is 5.10 Å². The molecule has 0 fully saturated rings. The number of amides is 2. The number of hydrogen-bond acceptors (Lipinski definition) is 4. The Labute approximate surface area is 156 Å². The molecular formula is C18H20ClN5O2. The van der Waals surface area contributed by atoms with Crippen LogP contribution in [0.2, 0.25) is 5.02 Å².